The zero-order valence-electron chi connectivity index (χ0n) is 26.1. The number of nitriles is 1. The van der Waals surface area contributed by atoms with Gasteiger partial charge in [-0.05, 0) is 50.5 Å². The van der Waals surface area contributed by atoms with Gasteiger partial charge in [0.15, 0.2) is 23.3 Å². The summed E-state index contributed by atoms with van der Waals surface area (Å²) in [5, 5.41) is 10.3. The van der Waals surface area contributed by atoms with Crippen LogP contribution in [0.25, 0.3) is 28.0 Å². The molecule has 1 aliphatic rings. The van der Waals surface area contributed by atoms with Crippen LogP contribution in [0, 0.1) is 41.5 Å². The van der Waals surface area contributed by atoms with Crippen LogP contribution in [0.2, 0.25) is 5.02 Å². The number of piperazine rings is 1. The normalized spacial score (nSPS) is 16.6. The van der Waals surface area contributed by atoms with Gasteiger partial charge in [0.1, 0.15) is 17.3 Å². The monoisotopic (exact) mass is 667 g/mol. The Kier molecular flexibility index (Phi) is 8.77. The fraction of sp³-hybridized carbons (Fsp3) is 0.303. The summed E-state index contributed by atoms with van der Waals surface area (Å²) < 4.78 is 59.6. The highest BCUT2D eigenvalue weighted by Crippen LogP contribution is 2.41. The quantitative estimate of drug-likeness (QED) is 0.0890. The van der Waals surface area contributed by atoms with Crippen molar-refractivity contribution in [2.24, 2.45) is 0 Å². The number of carbonyl (C=O) groups excluding carboxylic acids is 1. The van der Waals surface area contributed by atoms with E-state index in [-0.39, 0.29) is 70.0 Å². The highest BCUT2D eigenvalue weighted by molar-refractivity contribution is 6.34. The fourth-order valence-corrected chi connectivity index (χ4v) is 6.54. The standard InChI is InChI=1S/C33H30ClF4N7O2/c1-7-21(46)44-16(5)12-43(13-17(44)6)31-18-10-20(34)29(22-23(35)24(36)25(37)26(38)27(22)40)42-32(18)45(33(47)19(31)11-39)30-15(4)8-9-41-28(30)14(2)3/h7-10,14,16-17H,1,12-13,40H2,2-6H3/t16-,17+. The molecular weight excluding hydrogens is 638 g/mol. The van der Waals surface area contributed by atoms with Gasteiger partial charge in [0.25, 0.3) is 5.56 Å². The maximum absolute atomic E-state index is 15.3. The van der Waals surface area contributed by atoms with Crippen molar-refractivity contribution in [3.8, 4) is 23.0 Å². The first-order chi connectivity index (χ1) is 22.2. The number of hydrogen-bond acceptors (Lipinski definition) is 7. The Balaban J connectivity index is 1.95. The Morgan fingerprint density at radius 3 is 2.32 bits per heavy atom. The minimum atomic E-state index is -2.12. The summed E-state index contributed by atoms with van der Waals surface area (Å²) in [5.41, 5.74) is 3.41. The average molecular weight is 668 g/mol. The van der Waals surface area contributed by atoms with Crippen LogP contribution in [0.15, 0.2) is 35.8 Å². The molecule has 5 rings (SSSR count). The van der Waals surface area contributed by atoms with Crippen LogP contribution >= 0.6 is 11.6 Å². The van der Waals surface area contributed by atoms with Gasteiger partial charge in [0.05, 0.1) is 39.0 Å². The van der Waals surface area contributed by atoms with Gasteiger partial charge in [0, 0.05) is 36.8 Å². The van der Waals surface area contributed by atoms with Gasteiger partial charge in [-0.15, -0.1) is 0 Å². The van der Waals surface area contributed by atoms with Gasteiger partial charge in [-0.2, -0.15) is 5.26 Å². The molecule has 1 amide bonds. The zero-order chi connectivity index (χ0) is 34.6. The van der Waals surface area contributed by atoms with Crippen LogP contribution in [0.1, 0.15) is 50.4 Å². The molecule has 47 heavy (non-hydrogen) atoms. The first kappa shape index (κ1) is 33.4. The van der Waals surface area contributed by atoms with Crippen molar-refractivity contribution in [2.45, 2.75) is 52.6 Å². The number of halogens is 5. The van der Waals surface area contributed by atoms with E-state index >= 15 is 4.39 Å². The fourth-order valence-electron chi connectivity index (χ4n) is 6.29. The largest absolute Gasteiger partial charge is 0.396 e. The molecule has 244 valence electrons. The van der Waals surface area contributed by atoms with E-state index in [9.17, 15) is 28.0 Å². The Morgan fingerprint density at radius 2 is 1.74 bits per heavy atom. The van der Waals surface area contributed by atoms with Crippen molar-refractivity contribution < 1.29 is 22.4 Å². The average Bonchev–Trinajstić information content (AvgIpc) is 3.02. The third kappa shape index (κ3) is 5.26. The molecule has 1 saturated heterocycles. The van der Waals surface area contributed by atoms with E-state index in [1.54, 1.807) is 42.8 Å². The maximum Gasteiger partial charge on any atom is 0.276 e. The van der Waals surface area contributed by atoms with E-state index in [2.05, 4.69) is 16.5 Å². The van der Waals surface area contributed by atoms with Crippen LogP contribution in [0.4, 0.5) is 28.9 Å². The molecule has 0 aliphatic carbocycles. The highest BCUT2D eigenvalue weighted by atomic mass is 35.5. The molecule has 4 heterocycles. The first-order valence-corrected chi connectivity index (χ1v) is 15.0. The van der Waals surface area contributed by atoms with E-state index in [1.807, 2.05) is 19.9 Å². The second-order valence-corrected chi connectivity index (χ2v) is 12.2. The van der Waals surface area contributed by atoms with Gasteiger partial charge in [-0.25, -0.2) is 22.5 Å². The van der Waals surface area contributed by atoms with E-state index in [0.717, 1.165) is 4.57 Å². The molecule has 0 spiro atoms. The van der Waals surface area contributed by atoms with Gasteiger partial charge >= 0.3 is 0 Å². The number of anilines is 2. The molecule has 1 aromatic carbocycles. The lowest BCUT2D eigenvalue weighted by Crippen LogP contribution is -2.58. The number of nitrogen functional groups attached to an aromatic ring is 1. The number of hydrogen-bond donors (Lipinski definition) is 1. The number of rotatable bonds is 5. The molecule has 2 atom stereocenters. The predicted octanol–water partition coefficient (Wildman–Crippen LogP) is 6.15. The molecule has 4 aromatic rings. The highest BCUT2D eigenvalue weighted by Gasteiger charge is 2.36. The second kappa shape index (κ2) is 12.3. The van der Waals surface area contributed by atoms with Crippen LogP contribution in [0.3, 0.4) is 0 Å². The molecule has 1 fully saturated rings. The molecule has 14 heteroatoms. The van der Waals surface area contributed by atoms with Gasteiger partial charge in [-0.3, -0.25) is 19.1 Å². The van der Waals surface area contributed by atoms with Crippen molar-refractivity contribution in [1.82, 2.24) is 19.4 Å². The van der Waals surface area contributed by atoms with Gasteiger partial charge in [-0.1, -0.05) is 32.0 Å². The summed E-state index contributed by atoms with van der Waals surface area (Å²) in [4.78, 5) is 39.5. The number of carbonyl (C=O) groups is 1. The van der Waals surface area contributed by atoms with Crippen LogP contribution < -0.4 is 16.2 Å². The second-order valence-electron chi connectivity index (χ2n) is 11.8. The molecule has 0 bridgehead atoms. The van der Waals surface area contributed by atoms with Crippen molar-refractivity contribution in [3.63, 3.8) is 0 Å². The lowest BCUT2D eigenvalue weighted by Gasteiger charge is -2.45. The summed E-state index contributed by atoms with van der Waals surface area (Å²) in [6, 6.07) is 4.20. The van der Waals surface area contributed by atoms with E-state index in [0.29, 0.717) is 11.3 Å². The number of amides is 1. The minimum Gasteiger partial charge on any atom is -0.396 e. The smallest absolute Gasteiger partial charge is 0.276 e. The molecule has 3 aromatic heterocycles. The number of nitrogens with zero attached hydrogens (tertiary/aromatic N) is 6. The summed E-state index contributed by atoms with van der Waals surface area (Å²) in [6.07, 6.45) is 2.77. The number of aryl methyl sites for hydroxylation is 1. The van der Waals surface area contributed by atoms with Crippen molar-refractivity contribution in [3.05, 3.63) is 86.5 Å². The number of benzene rings is 1. The molecule has 0 unspecified atom stereocenters. The van der Waals surface area contributed by atoms with E-state index < -0.39 is 45.8 Å². The topological polar surface area (TPSA) is 121 Å². The third-order valence-corrected chi connectivity index (χ3v) is 8.61. The van der Waals surface area contributed by atoms with Gasteiger partial charge < -0.3 is 15.5 Å². The molecule has 0 radical (unpaired) electrons. The summed E-state index contributed by atoms with van der Waals surface area (Å²) in [5.74, 6) is -8.41. The Morgan fingerprint density at radius 1 is 1.13 bits per heavy atom. The van der Waals surface area contributed by atoms with Crippen LogP contribution in [-0.4, -0.2) is 50.5 Å². The van der Waals surface area contributed by atoms with Crippen LogP contribution in [0.5, 0.6) is 0 Å². The van der Waals surface area contributed by atoms with Crippen molar-refractivity contribution in [2.75, 3.05) is 23.7 Å². The number of aromatic nitrogens is 3. The molecule has 0 saturated carbocycles. The zero-order valence-corrected chi connectivity index (χ0v) is 26.9. The molecular formula is C33H30ClF4N7O2. The Bertz CT molecular complexity index is 2050. The first-order valence-electron chi connectivity index (χ1n) is 14.6. The SMILES string of the molecule is C=CC(=O)N1[C@H](C)CN(c2c(C#N)c(=O)n(-c3c(C)ccnc3C(C)C)c3nc(-c4c(N)c(F)c(F)c(F)c4F)c(Cl)cc23)C[C@@H]1C. The summed E-state index contributed by atoms with van der Waals surface area (Å²) in [6.45, 7) is 13.0. The molecule has 1 aliphatic heterocycles. The molecule has 2 N–H and O–H groups in total. The number of fused-ring (bicyclic) bond motifs is 1. The summed E-state index contributed by atoms with van der Waals surface area (Å²) >= 11 is 6.64. The van der Waals surface area contributed by atoms with Crippen LogP contribution in [-0.2, 0) is 4.79 Å². The van der Waals surface area contributed by atoms with Gasteiger partial charge in [0.2, 0.25) is 5.91 Å². The maximum atomic E-state index is 15.3. The minimum absolute atomic E-state index is 0.145. The van der Waals surface area contributed by atoms with Crippen molar-refractivity contribution in [1.29, 1.82) is 5.26 Å². The number of pyridine rings is 3. The Hall–Kier alpha value is -4.96. The van der Waals surface area contributed by atoms with E-state index in [1.165, 1.54) is 12.1 Å². The molecule has 9 nitrogen and oxygen atoms in total. The predicted molar refractivity (Wildman–Crippen MR) is 172 cm³/mol. The number of nitrogens with two attached hydrogens (primary N) is 1. The lowest BCUT2D eigenvalue weighted by molar-refractivity contribution is -0.130. The lowest BCUT2D eigenvalue weighted by atomic mass is 10.0. The Labute approximate surface area is 272 Å². The van der Waals surface area contributed by atoms with Crippen molar-refractivity contribution >= 4 is 39.9 Å². The third-order valence-electron chi connectivity index (χ3n) is 8.32. The summed E-state index contributed by atoms with van der Waals surface area (Å²) in [7, 11) is 0. The van der Waals surface area contributed by atoms with E-state index in [4.69, 9.17) is 17.3 Å².